The first-order valence-electron chi connectivity index (χ1n) is 4.35. The van der Waals surface area contributed by atoms with Crippen molar-refractivity contribution >= 4 is 21.7 Å². The molecular weight excluding hydrogens is 258 g/mol. The Morgan fingerprint density at radius 2 is 2.00 bits per heavy atom. The zero-order valence-electron chi connectivity index (χ0n) is 8.01. The van der Waals surface area contributed by atoms with Crippen molar-refractivity contribution in [1.82, 2.24) is 15.0 Å². The molecule has 0 aliphatic rings. The predicted octanol–water partition coefficient (Wildman–Crippen LogP) is 2.23. The third kappa shape index (κ3) is 1.97. The van der Waals surface area contributed by atoms with Crippen molar-refractivity contribution in [1.29, 1.82) is 0 Å². The van der Waals surface area contributed by atoms with Gasteiger partial charge in [0.2, 0.25) is 0 Å². The SMILES string of the molecule is CC(=O)c1cc(Br)ccc1-n1nccn1. The number of carbonyl (C=O) groups excluding carboxylic acids is 1. The predicted molar refractivity (Wildman–Crippen MR) is 59.1 cm³/mol. The molecule has 0 aliphatic heterocycles. The van der Waals surface area contributed by atoms with Crippen molar-refractivity contribution in [3.63, 3.8) is 0 Å². The first-order chi connectivity index (χ1) is 7.18. The van der Waals surface area contributed by atoms with Gasteiger partial charge in [-0.3, -0.25) is 4.79 Å². The quantitative estimate of drug-likeness (QED) is 0.783. The van der Waals surface area contributed by atoms with Crippen molar-refractivity contribution in [2.24, 2.45) is 0 Å². The van der Waals surface area contributed by atoms with Gasteiger partial charge in [0.05, 0.1) is 18.1 Å². The Kier molecular flexibility index (Phi) is 2.64. The summed E-state index contributed by atoms with van der Waals surface area (Å²) >= 11 is 3.33. The molecule has 15 heavy (non-hydrogen) atoms. The van der Waals surface area contributed by atoms with Crippen LogP contribution in [0, 0.1) is 0 Å². The van der Waals surface area contributed by atoms with E-state index in [4.69, 9.17) is 0 Å². The number of carbonyl (C=O) groups is 1. The van der Waals surface area contributed by atoms with Gasteiger partial charge >= 0.3 is 0 Å². The van der Waals surface area contributed by atoms with Crippen LogP contribution in [0.4, 0.5) is 0 Å². The molecule has 0 amide bonds. The van der Waals surface area contributed by atoms with Gasteiger partial charge in [0.15, 0.2) is 5.78 Å². The molecular formula is C10H8BrN3O. The average Bonchev–Trinajstić information content (AvgIpc) is 2.70. The van der Waals surface area contributed by atoms with Crippen LogP contribution in [0.3, 0.4) is 0 Å². The van der Waals surface area contributed by atoms with Gasteiger partial charge in [0.25, 0.3) is 0 Å². The third-order valence-corrected chi connectivity index (χ3v) is 2.47. The van der Waals surface area contributed by atoms with E-state index in [-0.39, 0.29) is 5.78 Å². The molecule has 0 aliphatic carbocycles. The molecule has 0 bridgehead atoms. The second-order valence-electron chi connectivity index (χ2n) is 3.04. The fourth-order valence-electron chi connectivity index (χ4n) is 1.30. The van der Waals surface area contributed by atoms with Crippen molar-refractivity contribution in [2.75, 3.05) is 0 Å². The monoisotopic (exact) mass is 265 g/mol. The lowest BCUT2D eigenvalue weighted by Gasteiger charge is -2.05. The Labute approximate surface area is 95.0 Å². The van der Waals surface area contributed by atoms with Gasteiger partial charge in [0, 0.05) is 10.0 Å². The fraction of sp³-hybridized carbons (Fsp3) is 0.100. The second kappa shape index (κ2) is 3.94. The summed E-state index contributed by atoms with van der Waals surface area (Å²) in [6.07, 6.45) is 3.15. The molecule has 2 aromatic rings. The van der Waals surface area contributed by atoms with Gasteiger partial charge in [-0.1, -0.05) is 15.9 Å². The van der Waals surface area contributed by atoms with Crippen LogP contribution in [0.15, 0.2) is 35.1 Å². The van der Waals surface area contributed by atoms with Crippen LogP contribution in [-0.4, -0.2) is 20.8 Å². The molecule has 0 atom stereocenters. The minimum atomic E-state index is -0.0106. The van der Waals surface area contributed by atoms with Crippen molar-refractivity contribution < 1.29 is 4.79 Å². The first-order valence-corrected chi connectivity index (χ1v) is 5.15. The topological polar surface area (TPSA) is 47.8 Å². The Bertz CT molecular complexity index is 493. The van der Waals surface area contributed by atoms with Crippen molar-refractivity contribution in [3.05, 3.63) is 40.6 Å². The number of rotatable bonds is 2. The minimum Gasteiger partial charge on any atom is -0.294 e. The molecule has 0 spiro atoms. The molecule has 5 heteroatoms. The van der Waals surface area contributed by atoms with Gasteiger partial charge in [-0.15, -0.1) is 0 Å². The number of hydrogen-bond acceptors (Lipinski definition) is 3. The lowest BCUT2D eigenvalue weighted by molar-refractivity contribution is 0.101. The highest BCUT2D eigenvalue weighted by molar-refractivity contribution is 9.10. The summed E-state index contributed by atoms with van der Waals surface area (Å²) in [5.41, 5.74) is 1.29. The van der Waals surface area contributed by atoms with E-state index in [0.717, 1.165) is 4.47 Å². The first kappa shape index (κ1) is 10.0. The van der Waals surface area contributed by atoms with E-state index in [1.807, 2.05) is 6.07 Å². The van der Waals surface area contributed by atoms with Crippen LogP contribution >= 0.6 is 15.9 Å². The molecule has 4 nitrogen and oxygen atoms in total. The molecule has 0 unspecified atom stereocenters. The minimum absolute atomic E-state index is 0.0106. The van der Waals surface area contributed by atoms with Crippen LogP contribution in [0.25, 0.3) is 5.69 Å². The van der Waals surface area contributed by atoms with E-state index in [1.165, 1.54) is 11.7 Å². The van der Waals surface area contributed by atoms with Gasteiger partial charge in [-0.25, -0.2) is 0 Å². The smallest absolute Gasteiger partial charge is 0.162 e. The maximum atomic E-state index is 11.4. The third-order valence-electron chi connectivity index (χ3n) is 1.97. The number of aromatic nitrogens is 3. The van der Waals surface area contributed by atoms with E-state index in [9.17, 15) is 4.79 Å². The second-order valence-corrected chi connectivity index (χ2v) is 3.95. The molecule has 0 N–H and O–H groups in total. The van der Waals surface area contributed by atoms with Crippen LogP contribution in [0.5, 0.6) is 0 Å². The summed E-state index contributed by atoms with van der Waals surface area (Å²) in [6.45, 7) is 1.52. The molecule has 1 aromatic carbocycles. The van der Waals surface area contributed by atoms with E-state index >= 15 is 0 Å². The maximum Gasteiger partial charge on any atom is 0.162 e. The number of ketones is 1. The van der Waals surface area contributed by atoms with E-state index < -0.39 is 0 Å². The van der Waals surface area contributed by atoms with Crippen molar-refractivity contribution in [3.8, 4) is 5.69 Å². The van der Waals surface area contributed by atoms with Crippen LogP contribution in [0.1, 0.15) is 17.3 Å². The Morgan fingerprint density at radius 3 is 2.60 bits per heavy atom. The average molecular weight is 266 g/mol. The lowest BCUT2D eigenvalue weighted by Crippen LogP contribution is -2.06. The number of Topliss-reactive ketones (excluding diaryl/α,β-unsaturated/α-hetero) is 1. The van der Waals surface area contributed by atoms with Crippen LogP contribution in [-0.2, 0) is 0 Å². The fourth-order valence-corrected chi connectivity index (χ4v) is 1.67. The Hall–Kier alpha value is -1.49. The lowest BCUT2D eigenvalue weighted by atomic mass is 10.1. The summed E-state index contributed by atoms with van der Waals surface area (Å²) in [5, 5.41) is 7.99. The number of halogens is 1. The Morgan fingerprint density at radius 1 is 1.33 bits per heavy atom. The van der Waals surface area contributed by atoms with Gasteiger partial charge in [0.1, 0.15) is 0 Å². The highest BCUT2D eigenvalue weighted by Crippen LogP contribution is 2.19. The molecule has 1 heterocycles. The van der Waals surface area contributed by atoms with Gasteiger partial charge < -0.3 is 0 Å². The molecule has 0 fully saturated rings. The molecule has 2 rings (SSSR count). The summed E-state index contributed by atoms with van der Waals surface area (Å²) in [6, 6.07) is 5.42. The summed E-state index contributed by atoms with van der Waals surface area (Å²) in [7, 11) is 0. The number of benzene rings is 1. The summed E-state index contributed by atoms with van der Waals surface area (Å²) in [5.74, 6) is -0.0106. The molecule has 0 saturated carbocycles. The van der Waals surface area contributed by atoms with Gasteiger partial charge in [-0.2, -0.15) is 15.0 Å². The molecule has 0 radical (unpaired) electrons. The normalized spacial score (nSPS) is 10.3. The molecule has 0 saturated heterocycles. The maximum absolute atomic E-state index is 11.4. The zero-order chi connectivity index (χ0) is 10.8. The summed E-state index contributed by atoms with van der Waals surface area (Å²) in [4.78, 5) is 12.9. The number of nitrogens with zero attached hydrogens (tertiary/aromatic N) is 3. The largest absolute Gasteiger partial charge is 0.294 e. The molecule has 1 aromatic heterocycles. The summed E-state index contributed by atoms with van der Waals surface area (Å²) < 4.78 is 0.864. The van der Waals surface area contributed by atoms with E-state index in [2.05, 4.69) is 26.1 Å². The van der Waals surface area contributed by atoms with Crippen molar-refractivity contribution in [2.45, 2.75) is 6.92 Å². The standard InChI is InChI=1S/C10H8BrN3O/c1-7(15)9-6-8(11)2-3-10(9)14-12-4-5-13-14/h2-6H,1H3. The highest BCUT2D eigenvalue weighted by atomic mass is 79.9. The molecule has 76 valence electrons. The van der Waals surface area contributed by atoms with E-state index in [1.54, 1.807) is 24.5 Å². The van der Waals surface area contributed by atoms with E-state index in [0.29, 0.717) is 11.3 Å². The number of hydrogen-bond donors (Lipinski definition) is 0. The van der Waals surface area contributed by atoms with Gasteiger partial charge in [-0.05, 0) is 25.1 Å². The van der Waals surface area contributed by atoms with Crippen LogP contribution in [0.2, 0.25) is 0 Å². The highest BCUT2D eigenvalue weighted by Gasteiger charge is 2.10. The van der Waals surface area contributed by atoms with Crippen LogP contribution < -0.4 is 0 Å². The zero-order valence-corrected chi connectivity index (χ0v) is 9.60. The Balaban J connectivity index is 2.61.